The fraction of sp³-hybridized carbons (Fsp3) is 0.158. The third-order valence-electron chi connectivity index (χ3n) is 4.20. The number of hydrogen-bond acceptors (Lipinski definition) is 4. The summed E-state index contributed by atoms with van der Waals surface area (Å²) >= 11 is 1.41. The zero-order valence-corrected chi connectivity index (χ0v) is 15.0. The van der Waals surface area contributed by atoms with E-state index in [2.05, 4.69) is 4.98 Å². The summed E-state index contributed by atoms with van der Waals surface area (Å²) in [6.07, 6.45) is -4.52. The van der Waals surface area contributed by atoms with Gasteiger partial charge in [0.25, 0.3) is 0 Å². The molecular formula is C19H13F3N2O2S. The van der Waals surface area contributed by atoms with E-state index in [0.717, 1.165) is 27.2 Å². The maximum Gasteiger partial charge on any atom is 0.416 e. The predicted octanol–water partition coefficient (Wildman–Crippen LogP) is 5.35. The minimum atomic E-state index is -4.52. The molecule has 2 aromatic carbocycles. The molecule has 0 saturated carbocycles. The van der Waals surface area contributed by atoms with E-state index in [0.29, 0.717) is 16.7 Å². The Bertz CT molecular complexity index is 1240. The van der Waals surface area contributed by atoms with Gasteiger partial charge < -0.3 is 4.74 Å². The van der Waals surface area contributed by atoms with Crippen LogP contribution in [0.3, 0.4) is 0 Å². The first-order valence-corrected chi connectivity index (χ1v) is 8.70. The topological polar surface area (TPSA) is 44.1 Å². The van der Waals surface area contributed by atoms with Crippen LogP contribution in [0.2, 0.25) is 0 Å². The van der Waals surface area contributed by atoms with E-state index in [1.807, 2.05) is 6.92 Å². The molecule has 0 spiro atoms. The van der Waals surface area contributed by atoms with E-state index >= 15 is 0 Å². The van der Waals surface area contributed by atoms with Crippen LogP contribution in [0.15, 0.2) is 42.4 Å². The van der Waals surface area contributed by atoms with Gasteiger partial charge in [-0.05, 0) is 49.4 Å². The predicted molar refractivity (Wildman–Crippen MR) is 97.5 cm³/mol. The minimum Gasteiger partial charge on any atom is -0.465 e. The molecule has 0 aliphatic rings. The van der Waals surface area contributed by atoms with E-state index in [1.54, 1.807) is 22.8 Å². The molecule has 0 unspecified atom stereocenters. The Kier molecular flexibility index (Phi) is 3.68. The molecule has 0 N–H and O–H groups in total. The van der Waals surface area contributed by atoms with Crippen molar-refractivity contribution in [1.82, 2.24) is 9.55 Å². The van der Waals surface area contributed by atoms with Crippen LogP contribution in [0.5, 0.6) is 0 Å². The minimum absolute atomic E-state index is 0.267. The zero-order chi connectivity index (χ0) is 20.2. The van der Waals surface area contributed by atoms with Gasteiger partial charge in [0.1, 0.15) is 0 Å². The molecule has 4 aromatic rings. The van der Waals surface area contributed by atoms with Crippen LogP contribution in [-0.4, -0.2) is 22.6 Å². The van der Waals surface area contributed by atoms with Crippen LogP contribution >= 0.6 is 11.3 Å². The maximum absolute atomic E-state index is 13.0. The molecule has 8 heteroatoms. The molecule has 0 fully saturated rings. The summed E-state index contributed by atoms with van der Waals surface area (Å²) in [5.74, 6) is -0.486. The van der Waals surface area contributed by atoms with Gasteiger partial charge in [-0.2, -0.15) is 13.2 Å². The van der Waals surface area contributed by atoms with Crippen molar-refractivity contribution in [3.63, 3.8) is 0 Å². The highest BCUT2D eigenvalue weighted by Crippen LogP contribution is 2.37. The van der Waals surface area contributed by atoms with E-state index in [1.165, 1.54) is 24.5 Å². The van der Waals surface area contributed by atoms with Crippen molar-refractivity contribution in [3.8, 4) is 5.69 Å². The quantitative estimate of drug-likeness (QED) is 0.433. The van der Waals surface area contributed by atoms with Gasteiger partial charge >= 0.3 is 12.1 Å². The van der Waals surface area contributed by atoms with Crippen molar-refractivity contribution in [2.24, 2.45) is 0 Å². The number of alkyl halides is 3. The van der Waals surface area contributed by atoms with Crippen LogP contribution < -0.4 is 0 Å². The van der Waals surface area contributed by atoms with Gasteiger partial charge in [-0.25, -0.2) is 9.78 Å². The highest BCUT2D eigenvalue weighted by atomic mass is 32.1. The second-order valence-corrected chi connectivity index (χ2v) is 7.11. The van der Waals surface area contributed by atoms with E-state index < -0.39 is 17.7 Å². The number of aryl methyl sites for hydroxylation is 1. The average molecular weight is 391 g/mol. The molecule has 0 amide bonds. The second-order valence-electron chi connectivity index (χ2n) is 5.90. The van der Waals surface area contributed by atoms with Gasteiger partial charge in [-0.3, -0.25) is 4.57 Å². The molecule has 4 rings (SSSR count). The van der Waals surface area contributed by atoms with Crippen LogP contribution in [0, 0.1) is 6.92 Å². The Morgan fingerprint density at radius 3 is 2.70 bits per heavy atom. The van der Waals surface area contributed by atoms with Crippen molar-refractivity contribution in [2.45, 2.75) is 13.1 Å². The zero-order valence-electron chi connectivity index (χ0n) is 15.2. The van der Waals surface area contributed by atoms with Gasteiger partial charge in [-0.15, -0.1) is 11.3 Å². The normalized spacial score (nSPS) is 12.6. The summed E-state index contributed by atoms with van der Waals surface area (Å²) < 4.78 is 54.2. The fourth-order valence-corrected chi connectivity index (χ4v) is 3.92. The summed E-state index contributed by atoms with van der Waals surface area (Å²) in [5, 5.41) is 1.49. The van der Waals surface area contributed by atoms with E-state index in [4.69, 9.17) is 6.11 Å². The van der Waals surface area contributed by atoms with Crippen molar-refractivity contribution in [3.05, 3.63) is 58.6 Å². The number of ether oxygens (including phenoxy) is 1. The van der Waals surface area contributed by atoms with Gasteiger partial charge in [0.15, 0.2) is 5.65 Å². The molecule has 0 saturated heterocycles. The number of aromatic nitrogens is 2. The summed E-state index contributed by atoms with van der Waals surface area (Å²) in [6, 6.07) is 7.69. The first-order chi connectivity index (χ1) is 13.2. The number of nitrogens with zero attached hydrogens (tertiary/aromatic N) is 2. The number of halogens is 3. The number of methoxy groups -OCH3 is 1. The van der Waals surface area contributed by atoms with E-state index in [9.17, 15) is 18.0 Å². The van der Waals surface area contributed by atoms with Gasteiger partial charge in [0.05, 0.1) is 34.8 Å². The average Bonchev–Trinajstić information content (AvgIpc) is 3.15. The molecule has 0 aliphatic carbocycles. The second kappa shape index (κ2) is 6.09. The summed E-state index contributed by atoms with van der Waals surface area (Å²) in [5.41, 5.74) is 0.946. The molecule has 4 nitrogen and oxygen atoms in total. The van der Waals surface area contributed by atoms with Gasteiger partial charge in [0.2, 0.25) is 0 Å². The maximum atomic E-state index is 13.0. The smallest absolute Gasteiger partial charge is 0.416 e. The lowest BCUT2D eigenvalue weighted by molar-refractivity contribution is -0.137. The summed E-state index contributed by atoms with van der Waals surface area (Å²) in [4.78, 5) is 16.4. The lowest BCUT2D eigenvalue weighted by Crippen LogP contribution is -2.05. The highest BCUT2D eigenvalue weighted by Gasteiger charge is 2.30. The van der Waals surface area contributed by atoms with Gasteiger partial charge in [0, 0.05) is 11.1 Å². The molecule has 2 aromatic heterocycles. The third kappa shape index (κ3) is 2.86. The first kappa shape index (κ1) is 16.3. The van der Waals surface area contributed by atoms with Crippen molar-refractivity contribution in [1.29, 1.82) is 0 Å². The van der Waals surface area contributed by atoms with E-state index in [-0.39, 0.29) is 11.7 Å². The van der Waals surface area contributed by atoms with Crippen LogP contribution in [-0.2, 0) is 10.9 Å². The molecule has 2 heterocycles. The highest BCUT2D eigenvalue weighted by molar-refractivity contribution is 7.19. The van der Waals surface area contributed by atoms with Crippen LogP contribution in [0.1, 0.15) is 22.3 Å². The largest absolute Gasteiger partial charge is 0.465 e. The first-order valence-electron chi connectivity index (χ1n) is 8.39. The standard InChI is InChI=1S/C19H13F3N2O2S/c1-10-23-17-16(27-10)14-9-11(18(25)26-2)3-8-15(14)24(17)13-6-4-12(5-7-13)19(20,21)22/h3-9H,1-2H3/i6D. The van der Waals surface area contributed by atoms with Crippen LogP contribution in [0.25, 0.3) is 26.9 Å². The summed E-state index contributed by atoms with van der Waals surface area (Å²) in [7, 11) is 1.29. The number of carbonyl (C=O) groups is 1. The molecule has 0 atom stereocenters. The molecule has 27 heavy (non-hydrogen) atoms. The van der Waals surface area contributed by atoms with Crippen molar-refractivity contribution >= 4 is 38.6 Å². The fourth-order valence-electron chi connectivity index (χ4n) is 2.99. The molecular weight excluding hydrogens is 377 g/mol. The number of fused-ring (bicyclic) bond motifs is 3. The Morgan fingerprint density at radius 2 is 2.04 bits per heavy atom. The number of carbonyl (C=O) groups excluding carboxylic acids is 1. The van der Waals surface area contributed by atoms with Crippen molar-refractivity contribution < 1.29 is 24.1 Å². The lowest BCUT2D eigenvalue weighted by Gasteiger charge is -2.10. The molecule has 0 aliphatic heterocycles. The summed E-state index contributed by atoms with van der Waals surface area (Å²) in [6.45, 7) is 1.82. The number of rotatable bonds is 2. The SMILES string of the molecule is [2H]c1cc(C(F)(F)F)ccc1-n1c2ccc(C(=O)OC)cc2c2sc(C)nc21. The Hall–Kier alpha value is -2.87. The third-order valence-corrected chi connectivity index (χ3v) is 5.19. The van der Waals surface area contributed by atoms with Crippen LogP contribution in [0.4, 0.5) is 13.2 Å². The number of benzene rings is 2. The lowest BCUT2D eigenvalue weighted by atomic mass is 10.1. The number of thiazole rings is 1. The molecule has 138 valence electrons. The monoisotopic (exact) mass is 391 g/mol. The molecule has 0 radical (unpaired) electrons. The Morgan fingerprint density at radius 1 is 1.26 bits per heavy atom. The number of esters is 1. The van der Waals surface area contributed by atoms with Crippen molar-refractivity contribution in [2.75, 3.05) is 7.11 Å². The number of hydrogen-bond donors (Lipinski definition) is 0. The molecule has 0 bridgehead atoms. The Balaban J connectivity index is 2.02. The van der Waals surface area contributed by atoms with Gasteiger partial charge in [-0.1, -0.05) is 0 Å². The Labute approximate surface area is 157 Å².